The van der Waals surface area contributed by atoms with Crippen molar-refractivity contribution in [3.8, 4) is 11.1 Å². The zero-order valence-electron chi connectivity index (χ0n) is 18.9. The van der Waals surface area contributed by atoms with Crippen LogP contribution in [0.1, 0.15) is 36.3 Å². The fourth-order valence-corrected chi connectivity index (χ4v) is 5.89. The van der Waals surface area contributed by atoms with Gasteiger partial charge in [-0.2, -0.15) is 20.5 Å². The Bertz CT molecular complexity index is 1080. The van der Waals surface area contributed by atoms with Crippen LogP contribution in [0.4, 0.5) is 13.6 Å². The maximum absolute atomic E-state index is 13.3. The number of fused-ring (bicyclic) bond motifs is 3. The van der Waals surface area contributed by atoms with Crippen molar-refractivity contribution in [2.45, 2.75) is 36.6 Å². The molecule has 2 aromatic carbocycles. The van der Waals surface area contributed by atoms with Crippen molar-refractivity contribution in [3.63, 3.8) is 0 Å². The van der Waals surface area contributed by atoms with Crippen LogP contribution in [-0.4, -0.2) is 59.2 Å². The molecule has 0 bridgehead atoms. The van der Waals surface area contributed by atoms with Gasteiger partial charge in [-0.3, -0.25) is 4.79 Å². The number of thioether (sulfide) groups is 1. The molecule has 0 unspecified atom stereocenters. The summed E-state index contributed by atoms with van der Waals surface area (Å²) in [5.74, 6) is -5.88. The largest absolute Gasteiger partial charge is 0.477 e. The lowest BCUT2D eigenvalue weighted by molar-refractivity contribution is -0.164. The van der Waals surface area contributed by atoms with Crippen LogP contribution in [0.25, 0.3) is 11.1 Å². The number of halogens is 2. The van der Waals surface area contributed by atoms with E-state index in [9.17, 15) is 23.2 Å². The summed E-state index contributed by atoms with van der Waals surface area (Å²) in [6, 6.07) is 15.9. The Hall–Kier alpha value is -3.14. The van der Waals surface area contributed by atoms with Gasteiger partial charge in [0.05, 0.1) is 12.1 Å². The van der Waals surface area contributed by atoms with Crippen LogP contribution in [0.2, 0.25) is 0 Å². The highest BCUT2D eigenvalue weighted by Gasteiger charge is 2.41. The average molecular weight is 505 g/mol. The number of rotatable bonds is 8. The molecule has 1 fully saturated rings. The van der Waals surface area contributed by atoms with Crippen LogP contribution >= 0.6 is 11.8 Å². The van der Waals surface area contributed by atoms with Crippen molar-refractivity contribution in [2.75, 3.05) is 24.7 Å². The first kappa shape index (κ1) is 25.0. The number of carbonyl (C=O) groups excluding carboxylic acids is 2. The van der Waals surface area contributed by atoms with E-state index in [4.69, 9.17) is 9.84 Å². The zero-order valence-corrected chi connectivity index (χ0v) is 19.7. The third-order valence-corrected chi connectivity index (χ3v) is 7.47. The number of carboxylic acids is 1. The first-order valence-corrected chi connectivity index (χ1v) is 12.5. The zero-order chi connectivity index (χ0) is 25.1. The monoisotopic (exact) mass is 504 g/mol. The van der Waals surface area contributed by atoms with E-state index in [1.54, 1.807) is 11.8 Å². The van der Waals surface area contributed by atoms with E-state index < -0.39 is 36.0 Å². The summed E-state index contributed by atoms with van der Waals surface area (Å²) in [5, 5.41) is 13.3. The molecule has 1 heterocycles. The molecule has 35 heavy (non-hydrogen) atoms. The second-order valence-corrected chi connectivity index (χ2v) is 10.0. The standard InChI is InChI=1S/C25H26F2N2O5S/c26-25(27,22(31)32)15-28-21(30)13-24(9-11-35-12-10-24)29-23(33)34-14-20-18-7-3-1-5-16(18)17-6-2-4-8-19(17)20/h1-8,20H,9-15H2,(H,28,30)(H,29,33)(H,31,32). The van der Waals surface area contributed by atoms with Crippen molar-refractivity contribution >= 4 is 29.7 Å². The van der Waals surface area contributed by atoms with Crippen LogP contribution < -0.4 is 10.6 Å². The molecular weight excluding hydrogens is 478 g/mol. The lowest BCUT2D eigenvalue weighted by Crippen LogP contribution is -2.54. The highest BCUT2D eigenvalue weighted by molar-refractivity contribution is 7.99. The van der Waals surface area contributed by atoms with Gasteiger partial charge in [0, 0.05) is 12.3 Å². The molecule has 0 radical (unpaired) electrons. The van der Waals surface area contributed by atoms with Gasteiger partial charge >= 0.3 is 18.0 Å². The number of carboxylic acid groups (broad SMARTS) is 1. The maximum Gasteiger partial charge on any atom is 0.407 e. The van der Waals surface area contributed by atoms with Gasteiger partial charge in [-0.05, 0) is 46.6 Å². The summed E-state index contributed by atoms with van der Waals surface area (Å²) in [5.41, 5.74) is 3.41. The third kappa shape index (κ3) is 5.58. The van der Waals surface area contributed by atoms with Crippen LogP contribution in [0, 0.1) is 0 Å². The highest BCUT2D eigenvalue weighted by atomic mass is 32.2. The van der Waals surface area contributed by atoms with E-state index in [-0.39, 0.29) is 18.9 Å². The van der Waals surface area contributed by atoms with E-state index >= 15 is 0 Å². The molecule has 7 nitrogen and oxygen atoms in total. The molecule has 0 spiro atoms. The van der Waals surface area contributed by atoms with Crippen LogP contribution in [0.15, 0.2) is 48.5 Å². The number of benzene rings is 2. The van der Waals surface area contributed by atoms with Gasteiger partial charge in [-0.15, -0.1) is 0 Å². The minimum Gasteiger partial charge on any atom is -0.477 e. The van der Waals surface area contributed by atoms with Crippen LogP contribution in [-0.2, 0) is 14.3 Å². The Morgan fingerprint density at radius 3 is 2.17 bits per heavy atom. The lowest BCUT2D eigenvalue weighted by atomic mass is 9.88. The lowest BCUT2D eigenvalue weighted by Gasteiger charge is -2.37. The number of amides is 2. The highest BCUT2D eigenvalue weighted by Crippen LogP contribution is 2.44. The van der Waals surface area contributed by atoms with Crippen molar-refractivity contribution in [1.82, 2.24) is 10.6 Å². The Labute approximate surface area is 205 Å². The third-order valence-electron chi connectivity index (χ3n) is 6.48. The minimum atomic E-state index is -4.06. The summed E-state index contributed by atoms with van der Waals surface area (Å²) in [6.07, 6.45) is 0.00489. The summed E-state index contributed by atoms with van der Waals surface area (Å²) in [4.78, 5) is 35.8. The molecule has 2 aliphatic rings. The molecule has 1 saturated heterocycles. The van der Waals surface area contributed by atoms with E-state index in [2.05, 4.69) is 5.32 Å². The normalized spacial score (nSPS) is 16.6. The van der Waals surface area contributed by atoms with Gasteiger partial charge in [0.2, 0.25) is 5.91 Å². The molecule has 3 N–H and O–H groups in total. The Kier molecular flexibility index (Phi) is 7.30. The fraction of sp³-hybridized carbons (Fsp3) is 0.400. The van der Waals surface area contributed by atoms with E-state index in [0.717, 1.165) is 22.3 Å². The summed E-state index contributed by atoms with van der Waals surface area (Å²) in [6.45, 7) is -1.20. The molecule has 186 valence electrons. The maximum atomic E-state index is 13.3. The first-order chi connectivity index (χ1) is 16.7. The van der Waals surface area contributed by atoms with Gasteiger partial charge in [0.1, 0.15) is 6.61 Å². The smallest absolute Gasteiger partial charge is 0.407 e. The second-order valence-electron chi connectivity index (χ2n) is 8.81. The molecule has 0 atom stereocenters. The number of ether oxygens (including phenoxy) is 1. The topological polar surface area (TPSA) is 105 Å². The van der Waals surface area contributed by atoms with E-state index in [0.29, 0.717) is 24.3 Å². The number of alkyl carbamates (subject to hydrolysis) is 1. The number of carbonyl (C=O) groups is 3. The number of nitrogens with one attached hydrogen (secondary N) is 2. The number of hydrogen-bond donors (Lipinski definition) is 3. The van der Waals surface area contributed by atoms with E-state index in [1.165, 1.54) is 0 Å². The molecule has 0 saturated carbocycles. The first-order valence-electron chi connectivity index (χ1n) is 11.3. The van der Waals surface area contributed by atoms with Crippen molar-refractivity contribution < 1.29 is 33.0 Å². The van der Waals surface area contributed by atoms with Crippen molar-refractivity contribution in [3.05, 3.63) is 59.7 Å². The quantitative estimate of drug-likeness (QED) is 0.502. The Morgan fingerprint density at radius 1 is 1.03 bits per heavy atom. The second kappa shape index (κ2) is 10.2. The summed E-state index contributed by atoms with van der Waals surface area (Å²) < 4.78 is 32.3. The summed E-state index contributed by atoms with van der Waals surface area (Å²) >= 11 is 1.67. The molecule has 0 aromatic heterocycles. The molecular formula is C25H26F2N2O5S. The van der Waals surface area contributed by atoms with Gasteiger partial charge in [0.15, 0.2) is 0 Å². The van der Waals surface area contributed by atoms with Crippen molar-refractivity contribution in [1.29, 1.82) is 0 Å². The molecule has 2 amide bonds. The van der Waals surface area contributed by atoms with Gasteiger partial charge in [0.25, 0.3) is 0 Å². The Morgan fingerprint density at radius 2 is 1.60 bits per heavy atom. The average Bonchev–Trinajstić information content (AvgIpc) is 3.15. The molecule has 4 rings (SSSR count). The predicted molar refractivity (Wildman–Crippen MR) is 128 cm³/mol. The van der Waals surface area contributed by atoms with Gasteiger partial charge < -0.3 is 20.5 Å². The number of hydrogen-bond acceptors (Lipinski definition) is 5. The van der Waals surface area contributed by atoms with Crippen LogP contribution in [0.5, 0.6) is 0 Å². The predicted octanol–water partition coefficient (Wildman–Crippen LogP) is 4.02. The minimum absolute atomic E-state index is 0.113. The Balaban J connectivity index is 1.40. The SMILES string of the molecule is O=C(CC1(NC(=O)OCC2c3ccccc3-c3ccccc32)CCSCC1)NCC(F)(F)C(=O)O. The van der Waals surface area contributed by atoms with E-state index in [1.807, 2.05) is 53.8 Å². The summed E-state index contributed by atoms with van der Waals surface area (Å²) in [7, 11) is 0. The fourth-order valence-electron chi connectivity index (χ4n) is 4.61. The molecule has 1 aliphatic carbocycles. The molecule has 10 heteroatoms. The van der Waals surface area contributed by atoms with Crippen molar-refractivity contribution in [2.24, 2.45) is 0 Å². The molecule has 2 aromatic rings. The van der Waals surface area contributed by atoms with Gasteiger partial charge in [-0.25, -0.2) is 9.59 Å². The molecule has 1 aliphatic heterocycles. The number of alkyl halides is 2. The number of aliphatic carboxylic acids is 1. The van der Waals surface area contributed by atoms with Crippen LogP contribution in [0.3, 0.4) is 0 Å². The van der Waals surface area contributed by atoms with Gasteiger partial charge in [-0.1, -0.05) is 48.5 Å².